The summed E-state index contributed by atoms with van der Waals surface area (Å²) in [7, 11) is 0. The highest BCUT2D eigenvalue weighted by molar-refractivity contribution is 6.08. The second-order valence-corrected chi connectivity index (χ2v) is 7.03. The van der Waals surface area contributed by atoms with Gasteiger partial charge in [-0.15, -0.1) is 0 Å². The molecule has 0 saturated heterocycles. The molecule has 6 heteroatoms. The Kier molecular flexibility index (Phi) is 4.05. The van der Waals surface area contributed by atoms with Crippen LogP contribution in [-0.4, -0.2) is 28.0 Å². The third kappa shape index (κ3) is 2.68. The van der Waals surface area contributed by atoms with E-state index in [0.29, 0.717) is 5.95 Å². The molecule has 4 aromatic rings. The molecular weight excluding hydrogens is 366 g/mol. The molecule has 0 aliphatic carbocycles. The Morgan fingerprint density at radius 2 is 1.83 bits per heavy atom. The maximum Gasteiger partial charge on any atom is 0.321 e. The minimum absolute atomic E-state index is 0.211. The second kappa shape index (κ2) is 6.74. The lowest BCUT2D eigenvalue weighted by Crippen LogP contribution is -2.43. The van der Waals surface area contributed by atoms with Crippen LogP contribution in [0.5, 0.6) is 0 Å². The third-order valence-corrected chi connectivity index (χ3v) is 5.39. The number of imidazole rings is 1. The molecule has 1 N–H and O–H groups in total. The number of anilines is 1. The Morgan fingerprint density at radius 3 is 2.69 bits per heavy atom. The van der Waals surface area contributed by atoms with Gasteiger partial charge < -0.3 is 9.30 Å². The average Bonchev–Trinajstić information content (AvgIpc) is 3.10. The van der Waals surface area contributed by atoms with E-state index in [4.69, 9.17) is 4.74 Å². The zero-order chi connectivity index (χ0) is 20.0. The van der Waals surface area contributed by atoms with Gasteiger partial charge in [-0.1, -0.05) is 54.6 Å². The zero-order valence-corrected chi connectivity index (χ0v) is 15.8. The predicted molar refractivity (Wildman–Crippen MR) is 111 cm³/mol. The van der Waals surface area contributed by atoms with Crippen LogP contribution >= 0.6 is 0 Å². The van der Waals surface area contributed by atoms with E-state index in [-0.39, 0.29) is 6.61 Å². The van der Waals surface area contributed by atoms with E-state index >= 15 is 0 Å². The Bertz CT molecular complexity index is 1260. The molecule has 29 heavy (non-hydrogen) atoms. The van der Waals surface area contributed by atoms with Crippen LogP contribution in [0.15, 0.2) is 66.7 Å². The molecule has 0 bridgehead atoms. The Balaban J connectivity index is 1.83. The van der Waals surface area contributed by atoms with Gasteiger partial charge in [0.25, 0.3) is 0 Å². The van der Waals surface area contributed by atoms with Crippen LogP contribution in [0, 0.1) is 5.92 Å². The topological polar surface area (TPSA) is 73.2 Å². The van der Waals surface area contributed by atoms with Gasteiger partial charge in [-0.05, 0) is 35.4 Å². The number of hydrogen-bond donors (Lipinski definition) is 1. The fourth-order valence-corrected chi connectivity index (χ4v) is 4.19. The van der Waals surface area contributed by atoms with Crippen LogP contribution in [0.3, 0.4) is 0 Å². The third-order valence-electron chi connectivity index (χ3n) is 5.39. The summed E-state index contributed by atoms with van der Waals surface area (Å²) in [5, 5.41) is 4.84. The SMILES string of the molecule is CCOC(=O)[C@H]1C(=O)Nc2nc3ccccc3n2[C@H]1c1cccc2ccccc12. The van der Waals surface area contributed by atoms with Crippen molar-refractivity contribution in [1.29, 1.82) is 0 Å². The zero-order valence-electron chi connectivity index (χ0n) is 15.8. The number of ether oxygens (including phenoxy) is 1. The number of rotatable bonds is 3. The van der Waals surface area contributed by atoms with Gasteiger partial charge >= 0.3 is 5.97 Å². The molecule has 1 aromatic heterocycles. The van der Waals surface area contributed by atoms with Gasteiger partial charge in [-0.2, -0.15) is 0 Å². The largest absolute Gasteiger partial charge is 0.465 e. The average molecular weight is 385 g/mol. The first-order chi connectivity index (χ1) is 14.2. The normalized spacial score (nSPS) is 18.4. The van der Waals surface area contributed by atoms with Crippen LogP contribution in [-0.2, 0) is 14.3 Å². The number of hydrogen-bond acceptors (Lipinski definition) is 4. The van der Waals surface area contributed by atoms with Crippen molar-refractivity contribution in [2.45, 2.75) is 13.0 Å². The summed E-state index contributed by atoms with van der Waals surface area (Å²) < 4.78 is 7.23. The van der Waals surface area contributed by atoms with Gasteiger partial charge in [0.15, 0.2) is 5.92 Å². The van der Waals surface area contributed by atoms with E-state index in [0.717, 1.165) is 27.4 Å². The summed E-state index contributed by atoms with van der Waals surface area (Å²) in [6.07, 6.45) is 0. The molecule has 2 heterocycles. The fourth-order valence-electron chi connectivity index (χ4n) is 4.19. The summed E-state index contributed by atoms with van der Waals surface area (Å²) in [4.78, 5) is 30.5. The Hall–Kier alpha value is -3.67. The number of esters is 1. The lowest BCUT2D eigenvalue weighted by atomic mass is 9.87. The number of para-hydroxylation sites is 2. The van der Waals surface area contributed by atoms with Crippen LogP contribution in [0.25, 0.3) is 21.8 Å². The Morgan fingerprint density at radius 1 is 1.07 bits per heavy atom. The van der Waals surface area contributed by atoms with Gasteiger partial charge in [0, 0.05) is 0 Å². The molecule has 1 aliphatic heterocycles. The molecule has 0 radical (unpaired) electrons. The molecule has 0 fully saturated rings. The summed E-state index contributed by atoms with van der Waals surface area (Å²) in [5.74, 6) is -1.50. The predicted octanol–water partition coefficient (Wildman–Crippen LogP) is 3.91. The van der Waals surface area contributed by atoms with E-state index in [1.54, 1.807) is 6.92 Å². The Labute approximate surface area is 167 Å². The van der Waals surface area contributed by atoms with Crippen molar-refractivity contribution in [3.05, 3.63) is 72.3 Å². The molecule has 5 rings (SSSR count). The van der Waals surface area contributed by atoms with Crippen LogP contribution in [0.1, 0.15) is 18.5 Å². The number of carbonyl (C=O) groups is 2. The molecule has 2 atom stereocenters. The van der Waals surface area contributed by atoms with Crippen molar-refractivity contribution < 1.29 is 14.3 Å². The molecule has 6 nitrogen and oxygen atoms in total. The highest BCUT2D eigenvalue weighted by atomic mass is 16.5. The quantitative estimate of drug-likeness (QED) is 0.429. The van der Waals surface area contributed by atoms with Crippen LogP contribution < -0.4 is 5.32 Å². The van der Waals surface area contributed by atoms with E-state index in [2.05, 4.69) is 10.3 Å². The minimum atomic E-state index is -1.01. The summed E-state index contributed by atoms with van der Waals surface area (Å²) in [6.45, 7) is 1.95. The van der Waals surface area contributed by atoms with E-state index in [1.165, 1.54) is 0 Å². The molecule has 1 amide bonds. The van der Waals surface area contributed by atoms with E-state index in [9.17, 15) is 9.59 Å². The van der Waals surface area contributed by atoms with Gasteiger partial charge in [0.05, 0.1) is 23.7 Å². The molecule has 0 saturated carbocycles. The number of carbonyl (C=O) groups excluding carboxylic acids is 2. The first-order valence-corrected chi connectivity index (χ1v) is 9.61. The van der Waals surface area contributed by atoms with Crippen molar-refractivity contribution in [2.75, 3.05) is 11.9 Å². The molecule has 144 valence electrons. The smallest absolute Gasteiger partial charge is 0.321 e. The summed E-state index contributed by atoms with van der Waals surface area (Å²) in [5.41, 5.74) is 2.51. The van der Waals surface area contributed by atoms with Gasteiger partial charge in [0.2, 0.25) is 11.9 Å². The number of aromatic nitrogens is 2. The fraction of sp³-hybridized carbons (Fsp3) is 0.174. The molecule has 1 aliphatic rings. The van der Waals surface area contributed by atoms with Crippen LogP contribution in [0.2, 0.25) is 0 Å². The highest BCUT2D eigenvalue weighted by Crippen LogP contribution is 2.40. The summed E-state index contributed by atoms with van der Waals surface area (Å²) in [6, 6.07) is 21.0. The molecule has 0 spiro atoms. The second-order valence-electron chi connectivity index (χ2n) is 7.03. The van der Waals surface area contributed by atoms with Crippen molar-refractivity contribution in [3.8, 4) is 0 Å². The van der Waals surface area contributed by atoms with Crippen molar-refractivity contribution in [2.24, 2.45) is 5.92 Å². The highest BCUT2D eigenvalue weighted by Gasteiger charge is 2.44. The molecule has 3 aromatic carbocycles. The molecule has 0 unspecified atom stereocenters. The lowest BCUT2D eigenvalue weighted by Gasteiger charge is -2.32. The maximum atomic E-state index is 13.0. The van der Waals surface area contributed by atoms with E-state index in [1.807, 2.05) is 71.3 Å². The van der Waals surface area contributed by atoms with E-state index < -0.39 is 23.8 Å². The standard InChI is InChI=1S/C23H19N3O3/c1-2-29-22(28)19-20(16-11-7-9-14-8-3-4-10-15(14)16)26-18-13-6-5-12-17(18)24-23(26)25-21(19)27/h3-13,19-20H,2H2,1H3,(H,24,25,27)/t19-,20+/m1/s1. The number of fused-ring (bicyclic) bond motifs is 4. The monoisotopic (exact) mass is 385 g/mol. The number of benzene rings is 3. The first-order valence-electron chi connectivity index (χ1n) is 9.61. The van der Waals surface area contributed by atoms with Gasteiger partial charge in [-0.25, -0.2) is 4.98 Å². The maximum absolute atomic E-state index is 13.0. The lowest BCUT2D eigenvalue weighted by molar-refractivity contribution is -0.152. The number of nitrogens with zero attached hydrogens (tertiary/aromatic N) is 2. The van der Waals surface area contributed by atoms with Crippen molar-refractivity contribution in [1.82, 2.24) is 9.55 Å². The first kappa shape index (κ1) is 17.4. The van der Waals surface area contributed by atoms with Crippen LogP contribution in [0.4, 0.5) is 5.95 Å². The van der Waals surface area contributed by atoms with Crippen molar-refractivity contribution >= 4 is 39.6 Å². The number of nitrogens with one attached hydrogen (secondary N) is 1. The van der Waals surface area contributed by atoms with Crippen molar-refractivity contribution in [3.63, 3.8) is 0 Å². The van der Waals surface area contributed by atoms with Gasteiger partial charge in [0.1, 0.15) is 0 Å². The number of amides is 1. The van der Waals surface area contributed by atoms with Gasteiger partial charge in [-0.3, -0.25) is 14.9 Å². The minimum Gasteiger partial charge on any atom is -0.465 e. The summed E-state index contributed by atoms with van der Waals surface area (Å²) >= 11 is 0. The molecular formula is C23H19N3O3.